The molecule has 0 aliphatic carbocycles. The lowest BCUT2D eigenvalue weighted by atomic mass is 10.1. The molecule has 0 aliphatic heterocycles. The minimum atomic E-state index is -5.10. The van der Waals surface area contributed by atoms with Crippen molar-refractivity contribution in [2.24, 2.45) is 0 Å². The summed E-state index contributed by atoms with van der Waals surface area (Å²) in [5.41, 5.74) is -1.58. The number of aryl methyl sites for hydroxylation is 1. The number of alkyl halides is 3. The minimum Gasteiger partial charge on any atom is -0.306 e. The molecule has 0 aromatic heterocycles. The number of hydrogen-bond acceptors (Lipinski definition) is 8. The average molecular weight is 444 g/mol. The smallest absolute Gasteiger partial charge is 0.306 e. The zero-order valence-electron chi connectivity index (χ0n) is 15.2. The summed E-state index contributed by atoms with van der Waals surface area (Å²) in [6.45, 7) is 1.50. The van der Waals surface area contributed by atoms with Crippen LogP contribution in [0.1, 0.15) is 11.1 Å². The van der Waals surface area contributed by atoms with Gasteiger partial charge < -0.3 is 5.32 Å². The Labute approximate surface area is 169 Å². The lowest BCUT2D eigenvalue weighted by molar-refractivity contribution is -0.392. The summed E-state index contributed by atoms with van der Waals surface area (Å²) in [4.78, 5) is 41.8. The molecule has 2 amide bonds. The van der Waals surface area contributed by atoms with Crippen molar-refractivity contribution < 1.29 is 32.7 Å². The van der Waals surface area contributed by atoms with E-state index in [1.807, 2.05) is 10.9 Å². The van der Waals surface area contributed by atoms with Crippen molar-refractivity contribution in [2.45, 2.75) is 13.1 Å². The first-order valence-corrected chi connectivity index (χ1v) is 7.93. The lowest BCUT2D eigenvalue weighted by Crippen LogP contribution is -2.34. The molecule has 0 atom stereocenters. The van der Waals surface area contributed by atoms with Crippen LogP contribution in [0.25, 0.3) is 0 Å². The number of carbonyl (C=O) groups is 1. The van der Waals surface area contributed by atoms with E-state index in [4.69, 9.17) is 0 Å². The van der Waals surface area contributed by atoms with E-state index >= 15 is 0 Å². The Balaban J connectivity index is 2.33. The Hall–Kier alpha value is -4.50. The molecular formula is C15H11F3N6O7. The maximum Gasteiger partial charge on any atom is 0.416 e. The summed E-state index contributed by atoms with van der Waals surface area (Å²) in [6.07, 6.45) is -5.10. The second-order valence-electron chi connectivity index (χ2n) is 5.86. The zero-order valence-corrected chi connectivity index (χ0v) is 15.2. The first-order chi connectivity index (χ1) is 14.3. The van der Waals surface area contributed by atoms with Crippen molar-refractivity contribution in [3.8, 4) is 0 Å². The molecule has 0 saturated heterocycles. The zero-order chi connectivity index (χ0) is 23.5. The molecule has 0 spiro atoms. The van der Waals surface area contributed by atoms with Gasteiger partial charge in [0.15, 0.2) is 0 Å². The highest BCUT2D eigenvalue weighted by Crippen LogP contribution is 2.40. The minimum absolute atomic E-state index is 0.0232. The van der Waals surface area contributed by atoms with Gasteiger partial charge in [0.2, 0.25) is 5.69 Å². The van der Waals surface area contributed by atoms with E-state index in [1.54, 1.807) is 0 Å². The maximum absolute atomic E-state index is 12.9. The van der Waals surface area contributed by atoms with Crippen LogP contribution in [0.5, 0.6) is 0 Å². The van der Waals surface area contributed by atoms with Crippen molar-refractivity contribution >= 4 is 34.5 Å². The number of carbonyl (C=O) groups excluding carboxylic acids is 1. The highest BCUT2D eigenvalue weighted by molar-refractivity contribution is 5.92. The monoisotopic (exact) mass is 444 g/mol. The van der Waals surface area contributed by atoms with Crippen LogP contribution in [0.4, 0.5) is 46.4 Å². The molecule has 0 fully saturated rings. The topological polar surface area (TPSA) is 183 Å². The predicted molar refractivity (Wildman–Crippen MR) is 98.4 cm³/mol. The molecule has 0 bridgehead atoms. The fraction of sp³-hybridized carbons (Fsp3) is 0.133. The van der Waals surface area contributed by atoms with Gasteiger partial charge in [-0.15, -0.1) is 0 Å². The highest BCUT2D eigenvalue weighted by Gasteiger charge is 2.37. The molecular weight excluding hydrogens is 433 g/mol. The van der Waals surface area contributed by atoms with E-state index in [2.05, 4.69) is 5.32 Å². The Morgan fingerprint density at radius 2 is 1.48 bits per heavy atom. The first-order valence-electron chi connectivity index (χ1n) is 7.93. The van der Waals surface area contributed by atoms with Crippen LogP contribution in [-0.2, 0) is 6.18 Å². The normalized spacial score (nSPS) is 10.8. The van der Waals surface area contributed by atoms with Gasteiger partial charge in [-0.05, 0) is 12.5 Å². The summed E-state index contributed by atoms with van der Waals surface area (Å²) in [6, 6.07) is 2.49. The lowest BCUT2D eigenvalue weighted by Gasteiger charge is -2.13. The summed E-state index contributed by atoms with van der Waals surface area (Å²) >= 11 is 0. The molecule has 0 saturated carbocycles. The van der Waals surface area contributed by atoms with Gasteiger partial charge in [0.1, 0.15) is 0 Å². The second-order valence-corrected chi connectivity index (χ2v) is 5.86. The number of urea groups is 1. The maximum atomic E-state index is 12.9. The number of non-ortho nitro benzene ring substituents is 1. The number of nitro benzene ring substituents is 3. The van der Waals surface area contributed by atoms with Crippen LogP contribution in [0.3, 0.4) is 0 Å². The van der Waals surface area contributed by atoms with E-state index in [0.717, 1.165) is 6.07 Å². The molecule has 0 aliphatic rings. The van der Waals surface area contributed by atoms with Crippen molar-refractivity contribution in [2.75, 3.05) is 10.7 Å². The molecule has 16 heteroatoms. The van der Waals surface area contributed by atoms with Crippen LogP contribution >= 0.6 is 0 Å². The van der Waals surface area contributed by atoms with E-state index in [0.29, 0.717) is 5.56 Å². The first kappa shape index (κ1) is 22.8. The molecule has 13 nitrogen and oxygen atoms in total. The molecule has 0 unspecified atom stereocenters. The van der Waals surface area contributed by atoms with Gasteiger partial charge in [-0.2, -0.15) is 13.2 Å². The van der Waals surface area contributed by atoms with Gasteiger partial charge in [0.25, 0.3) is 5.69 Å². The highest BCUT2D eigenvalue weighted by atomic mass is 19.4. The van der Waals surface area contributed by atoms with Crippen LogP contribution in [0, 0.1) is 37.3 Å². The third kappa shape index (κ3) is 5.31. The van der Waals surface area contributed by atoms with Gasteiger partial charge in [0.05, 0.1) is 26.0 Å². The predicted octanol–water partition coefficient (Wildman–Crippen LogP) is 3.89. The Morgan fingerprint density at radius 1 is 0.935 bits per heavy atom. The summed E-state index contributed by atoms with van der Waals surface area (Å²) in [5.74, 6) is 0. The Kier molecular flexibility index (Phi) is 6.23. The largest absolute Gasteiger partial charge is 0.416 e. The van der Waals surface area contributed by atoms with Crippen molar-refractivity contribution in [3.05, 3.63) is 71.8 Å². The number of hydrogen-bond donors (Lipinski definition) is 3. The molecule has 2 rings (SSSR count). The molecule has 3 N–H and O–H groups in total. The van der Waals surface area contributed by atoms with Crippen LogP contribution in [0.15, 0.2) is 30.3 Å². The third-order valence-electron chi connectivity index (χ3n) is 3.80. The number of halogens is 3. The molecule has 31 heavy (non-hydrogen) atoms. The number of nitro groups is 3. The molecule has 0 radical (unpaired) electrons. The van der Waals surface area contributed by atoms with Gasteiger partial charge in [-0.3, -0.25) is 41.2 Å². The second kappa shape index (κ2) is 8.47. The van der Waals surface area contributed by atoms with Gasteiger partial charge in [0, 0.05) is 24.3 Å². The summed E-state index contributed by atoms with van der Waals surface area (Å²) in [5, 5.41) is 35.3. The SMILES string of the molecule is Cc1ccc([N+](=O)[O-])cc1NC(=O)NNc1c([N+](=O)[O-])cc(C(F)(F)F)cc1[N+](=O)[O-]. The van der Waals surface area contributed by atoms with Crippen molar-refractivity contribution in [1.82, 2.24) is 5.43 Å². The molecule has 2 aromatic carbocycles. The number of amides is 2. The van der Waals surface area contributed by atoms with Gasteiger partial charge in [-0.1, -0.05) is 6.07 Å². The van der Waals surface area contributed by atoms with Gasteiger partial charge >= 0.3 is 23.6 Å². The number of anilines is 2. The van der Waals surface area contributed by atoms with Crippen LogP contribution in [0.2, 0.25) is 0 Å². The third-order valence-corrected chi connectivity index (χ3v) is 3.80. The van der Waals surface area contributed by atoms with E-state index in [9.17, 15) is 48.3 Å². The fourth-order valence-corrected chi connectivity index (χ4v) is 2.32. The number of rotatable bonds is 6. The van der Waals surface area contributed by atoms with E-state index in [-0.39, 0.29) is 23.5 Å². The number of benzene rings is 2. The van der Waals surface area contributed by atoms with E-state index in [1.165, 1.54) is 19.1 Å². The van der Waals surface area contributed by atoms with Crippen LogP contribution in [-0.4, -0.2) is 20.8 Å². The van der Waals surface area contributed by atoms with Crippen LogP contribution < -0.4 is 16.2 Å². The summed E-state index contributed by atoms with van der Waals surface area (Å²) in [7, 11) is 0. The van der Waals surface area contributed by atoms with Gasteiger partial charge in [-0.25, -0.2) is 4.79 Å². The van der Waals surface area contributed by atoms with E-state index < -0.39 is 49.6 Å². The number of hydrazine groups is 1. The Morgan fingerprint density at radius 3 is 1.94 bits per heavy atom. The summed E-state index contributed by atoms with van der Waals surface area (Å²) < 4.78 is 38.7. The average Bonchev–Trinajstić information content (AvgIpc) is 2.66. The number of nitrogens with zero attached hydrogens (tertiary/aromatic N) is 3. The molecule has 2 aromatic rings. The molecule has 164 valence electrons. The Bertz CT molecular complexity index is 1050. The van der Waals surface area contributed by atoms with Crippen molar-refractivity contribution in [1.29, 1.82) is 0 Å². The molecule has 0 heterocycles. The quantitative estimate of drug-likeness (QED) is 0.443. The number of nitrogens with one attached hydrogen (secondary N) is 3. The fourth-order valence-electron chi connectivity index (χ4n) is 2.32. The van der Waals surface area contributed by atoms with Crippen molar-refractivity contribution in [3.63, 3.8) is 0 Å². The standard InChI is InChI=1S/C15H11F3N6O7/c1-7-2-3-9(22(26)27)6-10(7)19-14(25)21-20-13-11(23(28)29)4-8(15(16,17)18)5-12(13)24(30)31/h2-6,20H,1H3,(H2,19,21,25).